The van der Waals surface area contributed by atoms with E-state index in [4.69, 9.17) is 19.1 Å². The first-order valence-corrected chi connectivity index (χ1v) is 6.63. The molecule has 0 radical (unpaired) electrons. The lowest BCUT2D eigenvalue weighted by atomic mass is 9.80. The van der Waals surface area contributed by atoms with Crippen molar-refractivity contribution in [2.24, 2.45) is 5.92 Å². The molecule has 6 nitrogen and oxygen atoms in total. The van der Waals surface area contributed by atoms with Crippen molar-refractivity contribution >= 4 is 5.97 Å². The highest BCUT2D eigenvalue weighted by Gasteiger charge is 2.73. The Labute approximate surface area is 106 Å². The molecular weight excluding hydrogens is 238 g/mol. The predicted molar refractivity (Wildman–Crippen MR) is 60.2 cm³/mol. The van der Waals surface area contributed by atoms with Crippen LogP contribution in [-0.4, -0.2) is 48.8 Å². The average molecular weight is 257 g/mol. The van der Waals surface area contributed by atoms with Crippen LogP contribution in [0.25, 0.3) is 0 Å². The second kappa shape index (κ2) is 4.45. The highest BCUT2D eigenvalue weighted by atomic mass is 17.0. The average Bonchev–Trinajstić information content (AvgIpc) is 2.95. The summed E-state index contributed by atoms with van der Waals surface area (Å²) in [6.07, 6.45) is 1.59. The van der Waals surface area contributed by atoms with Gasteiger partial charge in [-0.15, -0.1) is 0 Å². The van der Waals surface area contributed by atoms with Crippen LogP contribution in [-0.2, 0) is 23.9 Å². The van der Waals surface area contributed by atoms with Gasteiger partial charge in [-0.25, -0.2) is 4.79 Å². The van der Waals surface area contributed by atoms with Crippen LogP contribution in [0.4, 0.5) is 0 Å². The molecule has 0 saturated carbocycles. The Morgan fingerprint density at radius 3 is 3.00 bits per heavy atom. The monoisotopic (exact) mass is 257 g/mol. The van der Waals surface area contributed by atoms with E-state index in [-0.39, 0.29) is 24.1 Å². The fraction of sp³-hybridized carbons (Fsp3) is 0.917. The van der Waals surface area contributed by atoms with E-state index >= 15 is 0 Å². The molecule has 3 saturated heterocycles. The van der Waals surface area contributed by atoms with Crippen molar-refractivity contribution in [3.63, 3.8) is 0 Å². The molecule has 0 aromatic carbocycles. The number of carbonyl (C=O) groups excluding carboxylic acids is 1. The summed E-state index contributed by atoms with van der Waals surface area (Å²) in [5.74, 6) is -0.280. The minimum atomic E-state index is -0.879. The Bertz CT molecular complexity index is 349. The molecule has 0 spiro atoms. The van der Waals surface area contributed by atoms with Crippen LogP contribution in [0.15, 0.2) is 0 Å². The van der Waals surface area contributed by atoms with Gasteiger partial charge in [-0.2, -0.15) is 0 Å². The van der Waals surface area contributed by atoms with Crippen LogP contribution in [0.1, 0.15) is 26.7 Å². The first kappa shape index (κ1) is 12.3. The van der Waals surface area contributed by atoms with Crippen molar-refractivity contribution in [3.8, 4) is 0 Å². The number of esters is 1. The lowest BCUT2D eigenvalue weighted by Gasteiger charge is -2.26. The van der Waals surface area contributed by atoms with E-state index < -0.39 is 5.54 Å². The lowest BCUT2D eigenvalue weighted by molar-refractivity contribution is -0.355. The van der Waals surface area contributed by atoms with Gasteiger partial charge in [-0.1, -0.05) is 13.3 Å². The van der Waals surface area contributed by atoms with Crippen molar-refractivity contribution in [1.29, 1.82) is 0 Å². The summed E-state index contributed by atoms with van der Waals surface area (Å²) in [4.78, 5) is 23.6. The molecule has 0 aromatic heterocycles. The molecule has 0 aliphatic carbocycles. The Balaban J connectivity index is 1.92. The molecule has 3 aliphatic rings. The minimum absolute atomic E-state index is 0.00370. The molecule has 102 valence electrons. The highest BCUT2D eigenvalue weighted by Crippen LogP contribution is 2.51. The fourth-order valence-electron chi connectivity index (χ4n) is 3.23. The van der Waals surface area contributed by atoms with Gasteiger partial charge >= 0.3 is 5.97 Å². The van der Waals surface area contributed by atoms with E-state index in [1.165, 1.54) is 5.23 Å². The quantitative estimate of drug-likeness (QED) is 0.690. The molecule has 0 amide bonds. The van der Waals surface area contributed by atoms with Crippen LogP contribution in [0.2, 0.25) is 0 Å². The smallest absolute Gasteiger partial charge is 0.334 e. The van der Waals surface area contributed by atoms with Crippen LogP contribution in [0, 0.1) is 5.92 Å². The third-order valence-corrected chi connectivity index (χ3v) is 4.03. The minimum Gasteiger partial charge on any atom is -0.464 e. The third kappa shape index (κ3) is 1.40. The van der Waals surface area contributed by atoms with Gasteiger partial charge in [0.05, 0.1) is 19.3 Å². The number of hydrogen-bond acceptors (Lipinski definition) is 6. The first-order chi connectivity index (χ1) is 8.75. The summed E-state index contributed by atoms with van der Waals surface area (Å²) in [5, 5.41) is 1.35. The lowest BCUT2D eigenvalue weighted by Crippen LogP contribution is -2.55. The largest absolute Gasteiger partial charge is 0.464 e. The Kier molecular flexibility index (Phi) is 3.05. The van der Waals surface area contributed by atoms with E-state index in [0.717, 1.165) is 12.8 Å². The third-order valence-electron chi connectivity index (χ3n) is 4.03. The molecule has 3 aliphatic heterocycles. The van der Waals surface area contributed by atoms with Crippen LogP contribution >= 0.6 is 0 Å². The zero-order chi connectivity index (χ0) is 12.8. The maximum Gasteiger partial charge on any atom is 0.334 e. The van der Waals surface area contributed by atoms with Gasteiger partial charge in [0.25, 0.3) is 0 Å². The number of ether oxygens (including phenoxy) is 2. The molecule has 0 aromatic rings. The van der Waals surface area contributed by atoms with Crippen LogP contribution < -0.4 is 0 Å². The Morgan fingerprint density at radius 1 is 1.44 bits per heavy atom. The van der Waals surface area contributed by atoms with E-state index in [0.29, 0.717) is 19.8 Å². The maximum absolute atomic E-state index is 12.4. The summed E-state index contributed by atoms with van der Waals surface area (Å²) in [6.45, 7) is 5.14. The molecule has 6 heteroatoms. The maximum atomic E-state index is 12.4. The molecule has 3 rings (SSSR count). The summed E-state index contributed by atoms with van der Waals surface area (Å²) >= 11 is 0. The molecule has 0 bridgehead atoms. The SMILES string of the molecule is CCC[C@@H]1ON2OC[C@H]3OC[C@@H]1[C@]32C(=O)OCC. The first-order valence-electron chi connectivity index (χ1n) is 6.63. The van der Waals surface area contributed by atoms with Crippen molar-refractivity contribution in [3.05, 3.63) is 0 Å². The van der Waals surface area contributed by atoms with Crippen molar-refractivity contribution in [2.45, 2.75) is 44.4 Å². The molecule has 0 unspecified atom stereocenters. The summed E-state index contributed by atoms with van der Waals surface area (Å²) in [6, 6.07) is 0. The summed E-state index contributed by atoms with van der Waals surface area (Å²) in [5.41, 5.74) is -0.879. The predicted octanol–water partition coefficient (Wildman–Crippen LogP) is 0.664. The number of hydroxylamine groups is 2. The molecular formula is C12H19NO5. The molecule has 18 heavy (non-hydrogen) atoms. The number of carbonyl (C=O) groups is 1. The Hall–Kier alpha value is -0.690. The van der Waals surface area contributed by atoms with Gasteiger partial charge in [-0.3, -0.25) is 9.68 Å². The Morgan fingerprint density at radius 2 is 2.28 bits per heavy atom. The van der Waals surface area contributed by atoms with Gasteiger partial charge in [0, 0.05) is 5.92 Å². The van der Waals surface area contributed by atoms with Crippen molar-refractivity contribution in [2.75, 3.05) is 19.8 Å². The molecule has 4 atom stereocenters. The second-order valence-electron chi connectivity index (χ2n) is 4.96. The molecule has 3 fully saturated rings. The topological polar surface area (TPSA) is 57.2 Å². The van der Waals surface area contributed by atoms with E-state index in [1.807, 2.05) is 0 Å². The standard InChI is InChI=1S/C12H19NO5/c1-3-5-9-8-6-16-10-7-17-13(18-9)12(8,10)11(14)15-4-2/h8-10H,3-7H2,1-2H3/t8-,9-,10+,12+/m0/s1. The highest BCUT2D eigenvalue weighted by molar-refractivity contribution is 5.83. The van der Waals surface area contributed by atoms with Gasteiger partial charge in [0.1, 0.15) is 12.7 Å². The van der Waals surface area contributed by atoms with Gasteiger partial charge in [-0.05, 0) is 18.6 Å². The van der Waals surface area contributed by atoms with E-state index in [2.05, 4.69) is 6.92 Å². The summed E-state index contributed by atoms with van der Waals surface area (Å²) < 4.78 is 10.9. The number of rotatable bonds is 4. The van der Waals surface area contributed by atoms with Gasteiger partial charge < -0.3 is 9.47 Å². The normalized spacial score (nSPS) is 42.2. The zero-order valence-corrected chi connectivity index (χ0v) is 10.8. The van der Waals surface area contributed by atoms with E-state index in [1.54, 1.807) is 6.92 Å². The molecule has 0 N–H and O–H groups in total. The van der Waals surface area contributed by atoms with Crippen molar-refractivity contribution < 1.29 is 23.9 Å². The molecule has 3 heterocycles. The van der Waals surface area contributed by atoms with Crippen LogP contribution in [0.3, 0.4) is 0 Å². The zero-order valence-electron chi connectivity index (χ0n) is 10.8. The van der Waals surface area contributed by atoms with Crippen molar-refractivity contribution in [1.82, 2.24) is 5.23 Å². The van der Waals surface area contributed by atoms with Gasteiger partial charge in [0.2, 0.25) is 5.54 Å². The summed E-state index contributed by atoms with van der Waals surface area (Å²) in [7, 11) is 0. The fourth-order valence-corrected chi connectivity index (χ4v) is 3.23. The second-order valence-corrected chi connectivity index (χ2v) is 4.96. The van der Waals surface area contributed by atoms with E-state index in [9.17, 15) is 4.79 Å². The van der Waals surface area contributed by atoms with Gasteiger partial charge in [0.15, 0.2) is 0 Å². The number of nitrogens with zero attached hydrogens (tertiary/aromatic N) is 1. The number of hydrogen-bond donors (Lipinski definition) is 0. The van der Waals surface area contributed by atoms with Crippen LogP contribution in [0.5, 0.6) is 0 Å².